The van der Waals surface area contributed by atoms with Crippen molar-refractivity contribution in [1.82, 2.24) is 24.7 Å². The largest absolute Gasteiger partial charge is 0.477 e. The zero-order valence-electron chi connectivity index (χ0n) is 17.9. The van der Waals surface area contributed by atoms with E-state index in [1.165, 1.54) is 6.20 Å². The highest BCUT2D eigenvalue weighted by Crippen LogP contribution is 2.26. The highest BCUT2D eigenvalue weighted by molar-refractivity contribution is 6.11. The lowest BCUT2D eigenvalue weighted by atomic mass is 10.1. The Hall–Kier alpha value is -4.08. The van der Waals surface area contributed by atoms with Crippen LogP contribution in [0.2, 0.25) is 0 Å². The summed E-state index contributed by atoms with van der Waals surface area (Å²) < 4.78 is 7.87. The summed E-state index contributed by atoms with van der Waals surface area (Å²) >= 11 is 0. The summed E-state index contributed by atoms with van der Waals surface area (Å²) in [4.78, 5) is 26.1. The van der Waals surface area contributed by atoms with Crippen molar-refractivity contribution in [3.63, 3.8) is 0 Å². The lowest BCUT2D eigenvalue weighted by Gasteiger charge is -2.17. The number of ether oxygens (including phenoxy) is 1. The number of nitrogens with one attached hydrogen (secondary N) is 1. The van der Waals surface area contributed by atoms with Crippen LogP contribution in [-0.4, -0.2) is 50.5 Å². The fraction of sp³-hybridized carbons (Fsp3) is 0.273. The van der Waals surface area contributed by atoms with Crippen LogP contribution in [0, 0.1) is 0 Å². The smallest absolute Gasteiger partial charge is 0.262 e. The second kappa shape index (κ2) is 9.38. The number of anilines is 1. The number of hydrogen-bond acceptors (Lipinski definition) is 8. The lowest BCUT2D eigenvalue weighted by molar-refractivity contribution is 0.102. The fourth-order valence-corrected chi connectivity index (χ4v) is 3.49. The van der Waals surface area contributed by atoms with E-state index in [2.05, 4.69) is 37.4 Å². The third kappa shape index (κ3) is 4.34. The van der Waals surface area contributed by atoms with Crippen LogP contribution in [0.3, 0.4) is 0 Å². The molecule has 3 aromatic rings. The van der Waals surface area contributed by atoms with Gasteiger partial charge in [-0.05, 0) is 38.0 Å². The second-order valence-electron chi connectivity index (χ2n) is 7.35. The van der Waals surface area contributed by atoms with Gasteiger partial charge in [-0.25, -0.2) is 9.97 Å². The Kier molecular flexibility index (Phi) is 6.20. The number of carbonyl (C=O) groups is 1. The number of hydrogen-bond donors (Lipinski definition) is 2. The first-order valence-corrected chi connectivity index (χ1v) is 10.3. The van der Waals surface area contributed by atoms with Gasteiger partial charge in [-0.15, -0.1) is 10.2 Å². The van der Waals surface area contributed by atoms with Gasteiger partial charge in [0.05, 0.1) is 6.61 Å². The van der Waals surface area contributed by atoms with Gasteiger partial charge in [0.1, 0.15) is 23.4 Å². The molecule has 164 valence electrons. The van der Waals surface area contributed by atoms with Gasteiger partial charge in [0, 0.05) is 42.8 Å². The van der Waals surface area contributed by atoms with Gasteiger partial charge in [-0.3, -0.25) is 9.79 Å². The van der Waals surface area contributed by atoms with Crippen LogP contribution in [0.1, 0.15) is 41.7 Å². The van der Waals surface area contributed by atoms with Gasteiger partial charge in [0.25, 0.3) is 5.91 Å². The third-order valence-electron chi connectivity index (χ3n) is 5.15. The highest BCUT2D eigenvalue weighted by atomic mass is 16.5. The number of fused-ring (bicyclic) bond motifs is 5. The molecule has 3 N–H and O–H groups in total. The topological polar surface area (TPSA) is 133 Å². The van der Waals surface area contributed by atoms with Crippen molar-refractivity contribution in [2.45, 2.75) is 25.8 Å². The number of amides is 1. The Labute approximate surface area is 185 Å². The molecule has 1 unspecified atom stereocenters. The van der Waals surface area contributed by atoms with Crippen LogP contribution in [-0.2, 0) is 0 Å². The number of carbonyl (C=O) groups excluding carboxylic acids is 1. The van der Waals surface area contributed by atoms with Crippen LogP contribution in [0.4, 0.5) is 5.82 Å². The van der Waals surface area contributed by atoms with E-state index in [0.29, 0.717) is 35.1 Å². The number of nitrogens with two attached hydrogens (primary N) is 1. The van der Waals surface area contributed by atoms with Crippen molar-refractivity contribution in [1.29, 1.82) is 0 Å². The minimum absolute atomic E-state index is 0.145. The molecule has 1 aliphatic rings. The first-order valence-electron chi connectivity index (χ1n) is 10.3. The molecule has 0 saturated carbocycles. The van der Waals surface area contributed by atoms with Gasteiger partial charge in [-0.1, -0.05) is 6.07 Å². The molecule has 0 radical (unpaired) electrons. The lowest BCUT2D eigenvalue weighted by Crippen LogP contribution is -2.17. The van der Waals surface area contributed by atoms with Crippen LogP contribution >= 0.6 is 0 Å². The number of nitrogens with zero attached hydrogens (tertiary/aromatic N) is 6. The molecule has 10 heteroatoms. The van der Waals surface area contributed by atoms with Crippen molar-refractivity contribution in [3.8, 4) is 17.4 Å². The molecule has 4 rings (SSSR count). The minimum atomic E-state index is -0.393. The molecule has 0 aromatic carbocycles. The second-order valence-corrected chi connectivity index (χ2v) is 7.35. The standard InChI is InChI=1S/C22H24N8O2/c1-14-5-4-8-32-22-17(9-15(12-25-22)16(10-23)11-24-2)21(31)28-19-7-3-6-18(27-19)20-29-26-13-30(14)20/h3,6-7,9-14H,4-5,8,23H2,1-2H3,(H,27,28,31)/b16-10+,24-11?. The number of rotatable bonds is 2. The Bertz CT molecular complexity index is 1180. The maximum Gasteiger partial charge on any atom is 0.262 e. The highest BCUT2D eigenvalue weighted by Gasteiger charge is 2.20. The van der Waals surface area contributed by atoms with Crippen LogP contribution in [0.15, 0.2) is 48.0 Å². The molecule has 1 aliphatic heterocycles. The van der Waals surface area contributed by atoms with E-state index >= 15 is 0 Å². The zero-order valence-corrected chi connectivity index (χ0v) is 17.9. The first kappa shape index (κ1) is 21.2. The van der Waals surface area contributed by atoms with E-state index < -0.39 is 5.91 Å². The molecule has 1 atom stereocenters. The molecular weight excluding hydrogens is 408 g/mol. The van der Waals surface area contributed by atoms with Gasteiger partial charge >= 0.3 is 0 Å². The SMILES string of the molecule is CN=C/C(=C\N)c1cnc2c(c1)C(=O)Nc1cccc(n1)-c1nncn1C(C)CCCO2. The van der Waals surface area contributed by atoms with Crippen molar-refractivity contribution in [2.75, 3.05) is 19.0 Å². The molecule has 2 bridgehead atoms. The predicted molar refractivity (Wildman–Crippen MR) is 121 cm³/mol. The summed E-state index contributed by atoms with van der Waals surface area (Å²) in [7, 11) is 1.65. The summed E-state index contributed by atoms with van der Waals surface area (Å²) in [5.41, 5.74) is 7.93. The molecule has 0 saturated heterocycles. The molecule has 0 aliphatic carbocycles. The number of aliphatic imine (C=N–C) groups is 1. The average molecular weight is 432 g/mol. The maximum atomic E-state index is 13.2. The summed E-state index contributed by atoms with van der Waals surface area (Å²) in [5, 5.41) is 11.1. The normalized spacial score (nSPS) is 17.1. The van der Waals surface area contributed by atoms with E-state index in [1.54, 1.807) is 37.9 Å². The Morgan fingerprint density at radius 1 is 1.41 bits per heavy atom. The molecule has 4 heterocycles. The molecular formula is C22H24N8O2. The van der Waals surface area contributed by atoms with Gasteiger partial charge < -0.3 is 20.4 Å². The summed E-state index contributed by atoms with van der Waals surface area (Å²) in [6.07, 6.45) is 7.92. The molecule has 0 spiro atoms. The molecule has 10 nitrogen and oxygen atoms in total. The number of allylic oxidation sites excluding steroid dienone is 1. The molecule has 3 aromatic heterocycles. The van der Waals surface area contributed by atoms with E-state index in [9.17, 15) is 4.79 Å². The molecule has 0 fully saturated rings. The Morgan fingerprint density at radius 3 is 3.09 bits per heavy atom. The van der Waals surface area contributed by atoms with E-state index in [1.807, 2.05) is 16.7 Å². The predicted octanol–water partition coefficient (Wildman–Crippen LogP) is 2.72. The number of aromatic nitrogens is 5. The summed E-state index contributed by atoms with van der Waals surface area (Å²) in [6.45, 7) is 2.51. The fourth-order valence-electron chi connectivity index (χ4n) is 3.49. The summed E-state index contributed by atoms with van der Waals surface area (Å²) in [5.74, 6) is 0.887. The van der Waals surface area contributed by atoms with E-state index in [-0.39, 0.29) is 17.5 Å². The van der Waals surface area contributed by atoms with Gasteiger partial charge in [-0.2, -0.15) is 0 Å². The third-order valence-corrected chi connectivity index (χ3v) is 5.15. The van der Waals surface area contributed by atoms with E-state index in [0.717, 1.165) is 12.8 Å². The van der Waals surface area contributed by atoms with Crippen molar-refractivity contribution in [3.05, 3.63) is 54.1 Å². The van der Waals surface area contributed by atoms with Crippen LogP contribution in [0.25, 0.3) is 17.1 Å². The quantitative estimate of drug-likeness (QED) is 0.595. The van der Waals surface area contributed by atoms with Crippen molar-refractivity contribution >= 4 is 23.5 Å². The summed E-state index contributed by atoms with van der Waals surface area (Å²) in [6, 6.07) is 7.20. The van der Waals surface area contributed by atoms with Crippen molar-refractivity contribution < 1.29 is 9.53 Å². The van der Waals surface area contributed by atoms with Gasteiger partial charge in [0.2, 0.25) is 5.88 Å². The van der Waals surface area contributed by atoms with Crippen molar-refractivity contribution in [2.24, 2.45) is 10.7 Å². The monoisotopic (exact) mass is 432 g/mol. The minimum Gasteiger partial charge on any atom is -0.477 e. The molecule has 32 heavy (non-hydrogen) atoms. The van der Waals surface area contributed by atoms with Crippen LogP contribution < -0.4 is 15.8 Å². The van der Waals surface area contributed by atoms with Gasteiger partial charge in [0.15, 0.2) is 5.82 Å². The first-order chi connectivity index (χ1) is 15.6. The van der Waals surface area contributed by atoms with E-state index in [4.69, 9.17) is 10.5 Å². The number of pyridine rings is 2. The molecule has 1 amide bonds. The Balaban J connectivity index is 1.76. The van der Waals surface area contributed by atoms with Crippen LogP contribution in [0.5, 0.6) is 5.88 Å². The zero-order chi connectivity index (χ0) is 22.5. The Morgan fingerprint density at radius 2 is 2.28 bits per heavy atom. The average Bonchev–Trinajstić information content (AvgIpc) is 3.30. The maximum absolute atomic E-state index is 13.2.